The molecule has 31 nitrogen and oxygen atoms in total. The molecular formula is C59H98N16O15. The van der Waals surface area contributed by atoms with E-state index in [4.69, 9.17) is 22.9 Å². The van der Waals surface area contributed by atoms with Gasteiger partial charge in [-0.2, -0.15) is 0 Å². The number of nitrogens with zero attached hydrogens (tertiary/aromatic N) is 1. The Bertz CT molecular complexity index is 2630. The second kappa shape index (κ2) is 40.3. The van der Waals surface area contributed by atoms with Crippen LogP contribution in [0.15, 0.2) is 35.3 Å². The number of aliphatic hydroxyl groups excluding tert-OH is 2. The number of amides is 13. The van der Waals surface area contributed by atoms with Crippen molar-refractivity contribution in [2.24, 2.45) is 45.7 Å². The first-order chi connectivity index (χ1) is 42.5. The van der Waals surface area contributed by atoms with E-state index in [-0.39, 0.29) is 83.1 Å². The third kappa shape index (κ3) is 27.2. The standard InChI is InChI=1S/C59H98N16O15/c1-9-31(4)46(73-51(82)37(61)28-36-18-13-12-14-19-36)57(88)71-43(30-77)56(87)70-41(22-24-44(62)78)54(85)74-48(33(6)11-3)59(90)75-47(32(5)10-2)58(89)72-42(29-76)55(86)69-39-20-15-16-26-65-45(79)25-23-38(49(63)80)67-53(84)40(21-17-27-64-35(8)60)68-50(81)34(7)66-52(39)83/h12-14,18-19,31-34,37-43,46-48,76-77H,9-11,15-17,20-30,61H2,1-8H3,(H2,60,64)(H2,62,78)(H2,63,80)(H,65,79)(H,66,83)(H,67,84)(H,68,81)(H,69,86)(H,70,87)(H,71,88)(H,72,89)(H,73,82)(H,74,85)(H,75,90)/t31-,32-,33-,34-,37-,38-,39-,40-,41-,42-,43-,46-,47-,48-/m0/s1. The van der Waals surface area contributed by atoms with Gasteiger partial charge in [-0.25, -0.2) is 0 Å². The monoisotopic (exact) mass is 1270 g/mol. The zero-order valence-electron chi connectivity index (χ0n) is 52.9. The summed E-state index contributed by atoms with van der Waals surface area (Å²) in [6, 6.07) is -6.50. The van der Waals surface area contributed by atoms with Crippen molar-refractivity contribution in [3.63, 3.8) is 0 Å². The largest absolute Gasteiger partial charge is 0.394 e. The molecule has 1 aliphatic heterocycles. The highest BCUT2D eigenvalue weighted by Gasteiger charge is 2.38. The summed E-state index contributed by atoms with van der Waals surface area (Å²) < 4.78 is 0. The number of hydrogen-bond donors (Lipinski definition) is 17. The maximum absolute atomic E-state index is 14.4. The molecule has 0 saturated carbocycles. The van der Waals surface area contributed by atoms with Crippen LogP contribution in [0.3, 0.4) is 0 Å². The molecule has 90 heavy (non-hydrogen) atoms. The van der Waals surface area contributed by atoms with Crippen LogP contribution in [0.1, 0.15) is 138 Å². The van der Waals surface area contributed by atoms with Gasteiger partial charge in [-0.05, 0) is 88.5 Å². The van der Waals surface area contributed by atoms with Crippen molar-refractivity contribution < 1.29 is 72.5 Å². The van der Waals surface area contributed by atoms with Crippen LogP contribution < -0.4 is 81.4 Å². The third-order valence-electron chi connectivity index (χ3n) is 15.6. The van der Waals surface area contributed by atoms with Gasteiger partial charge in [-0.3, -0.25) is 67.3 Å². The predicted octanol–water partition coefficient (Wildman–Crippen LogP) is -4.46. The molecule has 0 spiro atoms. The number of rotatable bonds is 32. The summed E-state index contributed by atoms with van der Waals surface area (Å²) in [5.74, 6) is -12.8. The van der Waals surface area contributed by atoms with Gasteiger partial charge in [0.05, 0.1) is 25.1 Å². The number of carbonyl (C=O) groups is 13. The Morgan fingerprint density at radius 1 is 0.633 bits per heavy atom. The number of amidine groups is 1. The quantitative estimate of drug-likeness (QED) is 0.0184. The van der Waals surface area contributed by atoms with E-state index in [1.807, 2.05) is 0 Å². The highest BCUT2D eigenvalue weighted by Crippen LogP contribution is 2.16. The van der Waals surface area contributed by atoms with Crippen molar-refractivity contribution in [1.82, 2.24) is 58.5 Å². The molecule has 21 N–H and O–H groups in total. The van der Waals surface area contributed by atoms with Gasteiger partial charge in [-0.1, -0.05) is 91.1 Å². The van der Waals surface area contributed by atoms with Gasteiger partial charge in [0.25, 0.3) is 0 Å². The zero-order chi connectivity index (χ0) is 67.8. The first kappa shape index (κ1) is 77.8. The Morgan fingerprint density at radius 2 is 1.14 bits per heavy atom. The highest BCUT2D eigenvalue weighted by molar-refractivity contribution is 5.99. The SMILES string of the molecule is CC[C@H](C)[C@H](NC(=O)[C@H](CCC(N)=O)NC(=O)[C@H](CO)NC(=O)[C@@H](NC(=O)[C@@H](N)Cc1ccccc1)[C@@H](C)CC)C(=O)N[C@H](C(=O)N[C@@H](CO)C(=O)N[C@H]1CCCCNC(=O)CC[C@@H](C(N)=O)NC(=O)[C@H](CCCN=C(C)N)NC(=O)[C@H](C)NC1=O)[C@@H](C)CC. The topological polar surface area (TPSA) is 511 Å². The fourth-order valence-corrected chi connectivity index (χ4v) is 9.22. The van der Waals surface area contributed by atoms with E-state index >= 15 is 0 Å². The second-order valence-electron chi connectivity index (χ2n) is 22.8. The molecule has 1 aromatic rings. The Kier molecular flexibility index (Phi) is 34.9. The van der Waals surface area contributed by atoms with Crippen molar-refractivity contribution in [2.45, 2.75) is 205 Å². The minimum atomic E-state index is -1.74. The van der Waals surface area contributed by atoms with Gasteiger partial charge in [0, 0.05) is 25.9 Å². The van der Waals surface area contributed by atoms with Crippen molar-refractivity contribution >= 4 is 82.6 Å². The molecule has 0 aromatic heterocycles. The molecular weight excluding hydrogens is 1170 g/mol. The minimum absolute atomic E-state index is 0.00226. The average molecular weight is 1270 g/mol. The van der Waals surface area contributed by atoms with Gasteiger partial charge < -0.3 is 91.6 Å². The lowest BCUT2D eigenvalue weighted by Gasteiger charge is -2.31. The predicted molar refractivity (Wildman–Crippen MR) is 331 cm³/mol. The first-order valence-electron chi connectivity index (χ1n) is 30.7. The summed E-state index contributed by atoms with van der Waals surface area (Å²) in [6.07, 6.45) is 0.488. The molecule has 0 bridgehead atoms. The maximum Gasteiger partial charge on any atom is 0.245 e. The van der Waals surface area contributed by atoms with Crippen LogP contribution in [-0.2, 0) is 68.7 Å². The molecule has 31 heteroatoms. The van der Waals surface area contributed by atoms with Gasteiger partial charge in [0.1, 0.15) is 60.4 Å². The molecule has 1 aliphatic rings. The van der Waals surface area contributed by atoms with Crippen molar-refractivity contribution in [1.29, 1.82) is 0 Å². The summed E-state index contributed by atoms with van der Waals surface area (Å²) in [4.78, 5) is 180. The third-order valence-corrected chi connectivity index (χ3v) is 15.6. The van der Waals surface area contributed by atoms with Crippen molar-refractivity contribution in [3.8, 4) is 0 Å². The Labute approximate surface area is 525 Å². The Hall–Kier alpha value is -8.32. The van der Waals surface area contributed by atoms with Gasteiger partial charge in [0.15, 0.2) is 0 Å². The molecule has 2 rings (SSSR count). The summed E-state index contributed by atoms with van der Waals surface area (Å²) >= 11 is 0. The fourth-order valence-electron chi connectivity index (χ4n) is 9.22. The van der Waals surface area contributed by atoms with Crippen molar-refractivity contribution in [3.05, 3.63) is 35.9 Å². The van der Waals surface area contributed by atoms with Gasteiger partial charge in [-0.15, -0.1) is 0 Å². The Morgan fingerprint density at radius 3 is 1.67 bits per heavy atom. The highest BCUT2D eigenvalue weighted by atomic mass is 16.3. The van der Waals surface area contributed by atoms with E-state index in [0.29, 0.717) is 6.42 Å². The number of benzene rings is 1. The summed E-state index contributed by atoms with van der Waals surface area (Å²) in [5, 5.41) is 48.8. The van der Waals surface area contributed by atoms with E-state index in [0.717, 1.165) is 5.56 Å². The normalized spacial score (nSPS) is 20.5. The minimum Gasteiger partial charge on any atom is -0.394 e. The molecule has 1 saturated heterocycles. The first-order valence-corrected chi connectivity index (χ1v) is 30.7. The van der Waals surface area contributed by atoms with Crippen LogP contribution in [0.25, 0.3) is 0 Å². The van der Waals surface area contributed by atoms with E-state index in [9.17, 15) is 72.5 Å². The van der Waals surface area contributed by atoms with Crippen LogP contribution in [0.5, 0.6) is 0 Å². The molecule has 0 unspecified atom stereocenters. The summed E-state index contributed by atoms with van der Waals surface area (Å²) in [6.45, 7) is 11.2. The lowest BCUT2D eigenvalue weighted by atomic mass is 9.94. The van der Waals surface area contributed by atoms with E-state index in [2.05, 4.69) is 63.5 Å². The summed E-state index contributed by atoms with van der Waals surface area (Å²) in [7, 11) is 0. The molecule has 1 fully saturated rings. The Balaban J connectivity index is 2.36. The number of carbonyl (C=O) groups excluding carboxylic acids is 13. The van der Waals surface area contributed by atoms with Crippen LogP contribution >= 0.6 is 0 Å². The molecule has 14 atom stereocenters. The molecule has 0 radical (unpaired) electrons. The number of aliphatic imine (C=N–C) groups is 1. The lowest BCUT2D eigenvalue weighted by Crippen LogP contribution is -2.62. The van der Waals surface area contributed by atoms with Crippen LogP contribution in [0.4, 0.5) is 0 Å². The molecule has 1 aromatic carbocycles. The van der Waals surface area contributed by atoms with Gasteiger partial charge >= 0.3 is 0 Å². The summed E-state index contributed by atoms with van der Waals surface area (Å²) in [5.41, 5.74) is 23.6. The van der Waals surface area contributed by atoms with Crippen LogP contribution in [-0.4, -0.2) is 186 Å². The van der Waals surface area contributed by atoms with Crippen LogP contribution in [0, 0.1) is 17.8 Å². The maximum atomic E-state index is 14.4. The number of aliphatic hydroxyl groups is 2. The molecule has 13 amide bonds. The number of nitrogens with two attached hydrogens (primary N) is 4. The van der Waals surface area contributed by atoms with Crippen molar-refractivity contribution in [2.75, 3.05) is 26.3 Å². The van der Waals surface area contributed by atoms with Gasteiger partial charge in [0.2, 0.25) is 76.8 Å². The number of primary amides is 2. The molecule has 1 heterocycles. The number of nitrogens with one attached hydrogen (secondary N) is 11. The second-order valence-corrected chi connectivity index (χ2v) is 22.8. The number of hydrogen-bond acceptors (Lipinski definition) is 17. The van der Waals surface area contributed by atoms with E-state index < -0.39 is 187 Å². The molecule has 504 valence electrons. The lowest BCUT2D eigenvalue weighted by molar-refractivity contribution is -0.137. The van der Waals surface area contributed by atoms with E-state index in [1.165, 1.54) is 6.92 Å². The van der Waals surface area contributed by atoms with E-state index in [1.54, 1.807) is 78.8 Å². The average Bonchev–Trinajstić information content (AvgIpc) is 1.36. The molecule has 0 aliphatic carbocycles. The smallest absolute Gasteiger partial charge is 0.245 e. The zero-order valence-corrected chi connectivity index (χ0v) is 52.9. The van der Waals surface area contributed by atoms with Crippen LogP contribution in [0.2, 0.25) is 0 Å². The fraction of sp³-hybridized carbons (Fsp3) is 0.661.